The van der Waals surface area contributed by atoms with Crippen molar-refractivity contribution in [2.45, 2.75) is 17.7 Å². The van der Waals surface area contributed by atoms with Crippen LogP contribution in [0.2, 0.25) is 5.02 Å². The lowest BCUT2D eigenvalue weighted by atomic mass is 10.0. The van der Waals surface area contributed by atoms with Crippen LogP contribution in [0.5, 0.6) is 0 Å². The summed E-state index contributed by atoms with van der Waals surface area (Å²) in [5, 5.41) is 0.298. The molecule has 4 heteroatoms. The zero-order chi connectivity index (χ0) is 14.5. The van der Waals surface area contributed by atoms with Crippen LogP contribution in [-0.2, 0) is 6.42 Å². The molecule has 104 valence electrons. The summed E-state index contributed by atoms with van der Waals surface area (Å²) in [5.74, 6) is -0.754. The number of hydrogen-bond donors (Lipinski definition) is 0. The number of Topliss-reactive ketones (excluding diaryl/α,β-unsaturated/α-hetero) is 1. The predicted octanol–water partition coefficient (Wildman–Crippen LogP) is 5.02. The Morgan fingerprint density at radius 1 is 1.25 bits per heavy atom. The fourth-order valence-electron chi connectivity index (χ4n) is 2.01. The molecule has 2 aromatic rings. The summed E-state index contributed by atoms with van der Waals surface area (Å²) in [5.41, 5.74) is 1.22. The maximum atomic E-state index is 13.7. The van der Waals surface area contributed by atoms with Gasteiger partial charge in [0.05, 0.1) is 5.56 Å². The number of ketones is 1. The molecule has 0 heterocycles. The van der Waals surface area contributed by atoms with E-state index in [1.165, 1.54) is 18.2 Å². The van der Waals surface area contributed by atoms with Crippen LogP contribution >= 0.6 is 23.4 Å². The number of hydrogen-bond acceptors (Lipinski definition) is 2. The van der Waals surface area contributed by atoms with Crippen molar-refractivity contribution in [3.8, 4) is 0 Å². The van der Waals surface area contributed by atoms with E-state index in [1.54, 1.807) is 11.8 Å². The van der Waals surface area contributed by atoms with E-state index in [9.17, 15) is 9.18 Å². The highest BCUT2D eigenvalue weighted by Crippen LogP contribution is 2.22. The summed E-state index contributed by atoms with van der Waals surface area (Å²) in [6.45, 7) is 0. The molecule has 0 atom stereocenters. The number of carbonyl (C=O) groups is 1. The first kappa shape index (κ1) is 15.1. The molecule has 0 saturated heterocycles. The number of thioether (sulfide) groups is 1. The molecule has 20 heavy (non-hydrogen) atoms. The Kier molecular flexibility index (Phi) is 5.21. The van der Waals surface area contributed by atoms with Gasteiger partial charge >= 0.3 is 0 Å². The first-order chi connectivity index (χ1) is 9.61. The second-order valence-corrected chi connectivity index (χ2v) is 5.64. The topological polar surface area (TPSA) is 17.1 Å². The van der Waals surface area contributed by atoms with Crippen molar-refractivity contribution in [2.24, 2.45) is 0 Å². The van der Waals surface area contributed by atoms with Crippen LogP contribution in [0.15, 0.2) is 47.4 Å². The van der Waals surface area contributed by atoms with Gasteiger partial charge in [0.15, 0.2) is 5.78 Å². The lowest BCUT2D eigenvalue weighted by Gasteiger charge is -2.07. The average molecular weight is 309 g/mol. The minimum atomic E-state index is -0.555. The third-order valence-electron chi connectivity index (χ3n) is 3.05. The quantitative estimate of drug-likeness (QED) is 0.570. The normalized spacial score (nSPS) is 10.6. The summed E-state index contributed by atoms with van der Waals surface area (Å²) >= 11 is 7.33. The molecular formula is C16H14ClFOS. The minimum Gasteiger partial charge on any atom is -0.294 e. The Morgan fingerprint density at radius 3 is 2.70 bits per heavy atom. The molecule has 0 fully saturated rings. The standard InChI is InChI=1S/C16H14ClFOS/c1-20-16-5-3-2-4-11(16)6-9-15(19)13-8-7-12(17)10-14(13)18/h2-5,7-8,10H,6,9H2,1H3. The molecule has 0 spiro atoms. The van der Waals surface area contributed by atoms with Crippen LogP contribution in [0, 0.1) is 5.82 Å². The second-order valence-electron chi connectivity index (χ2n) is 4.36. The molecule has 0 bridgehead atoms. The van der Waals surface area contributed by atoms with Crippen molar-refractivity contribution >= 4 is 29.1 Å². The van der Waals surface area contributed by atoms with Crippen molar-refractivity contribution in [1.29, 1.82) is 0 Å². The van der Waals surface area contributed by atoms with Gasteiger partial charge in [-0.1, -0.05) is 29.8 Å². The molecule has 1 nitrogen and oxygen atoms in total. The lowest BCUT2D eigenvalue weighted by molar-refractivity contribution is 0.0979. The monoisotopic (exact) mass is 308 g/mol. The van der Waals surface area contributed by atoms with E-state index in [2.05, 4.69) is 0 Å². The summed E-state index contributed by atoms with van der Waals surface area (Å²) in [7, 11) is 0. The lowest BCUT2D eigenvalue weighted by Crippen LogP contribution is -2.04. The van der Waals surface area contributed by atoms with Gasteiger partial charge in [-0.25, -0.2) is 4.39 Å². The molecule has 0 aliphatic heterocycles. The fraction of sp³-hybridized carbons (Fsp3) is 0.188. The highest BCUT2D eigenvalue weighted by molar-refractivity contribution is 7.98. The van der Waals surface area contributed by atoms with Crippen LogP contribution in [0.1, 0.15) is 22.3 Å². The Bertz CT molecular complexity index is 628. The Hall–Kier alpha value is -1.32. The zero-order valence-electron chi connectivity index (χ0n) is 11.0. The van der Waals surface area contributed by atoms with Gasteiger partial charge in [-0.2, -0.15) is 0 Å². The van der Waals surface area contributed by atoms with Crippen molar-refractivity contribution in [3.05, 3.63) is 64.4 Å². The fourth-order valence-corrected chi connectivity index (χ4v) is 2.81. The molecule has 2 rings (SSSR count). The molecule has 0 aromatic heterocycles. The molecule has 0 saturated carbocycles. The van der Waals surface area contributed by atoms with Gasteiger partial charge in [-0.3, -0.25) is 4.79 Å². The molecule has 0 N–H and O–H groups in total. The predicted molar refractivity (Wildman–Crippen MR) is 82.3 cm³/mol. The van der Waals surface area contributed by atoms with Crippen molar-refractivity contribution in [3.63, 3.8) is 0 Å². The van der Waals surface area contributed by atoms with Crippen molar-refractivity contribution < 1.29 is 9.18 Å². The van der Waals surface area contributed by atoms with E-state index in [0.717, 1.165) is 10.5 Å². The Morgan fingerprint density at radius 2 is 2.00 bits per heavy atom. The maximum Gasteiger partial charge on any atom is 0.166 e. The number of halogens is 2. The van der Waals surface area contributed by atoms with E-state index < -0.39 is 5.82 Å². The van der Waals surface area contributed by atoms with Gasteiger partial charge in [0.2, 0.25) is 0 Å². The highest BCUT2D eigenvalue weighted by atomic mass is 35.5. The molecule has 0 amide bonds. The molecule has 0 unspecified atom stereocenters. The molecular weight excluding hydrogens is 295 g/mol. The molecule has 0 aliphatic rings. The van der Waals surface area contributed by atoms with Crippen LogP contribution in [0.4, 0.5) is 4.39 Å². The van der Waals surface area contributed by atoms with Gasteiger partial charge in [0.1, 0.15) is 5.82 Å². The van der Waals surface area contributed by atoms with Crippen LogP contribution in [0.3, 0.4) is 0 Å². The first-order valence-electron chi connectivity index (χ1n) is 6.22. The maximum absolute atomic E-state index is 13.7. The van der Waals surface area contributed by atoms with E-state index in [1.807, 2.05) is 30.5 Å². The number of carbonyl (C=O) groups excluding carboxylic acids is 1. The second kappa shape index (κ2) is 6.91. The van der Waals surface area contributed by atoms with E-state index >= 15 is 0 Å². The van der Waals surface area contributed by atoms with E-state index in [-0.39, 0.29) is 17.8 Å². The van der Waals surface area contributed by atoms with Gasteiger partial charge in [-0.15, -0.1) is 11.8 Å². The van der Waals surface area contributed by atoms with Crippen molar-refractivity contribution in [1.82, 2.24) is 0 Å². The van der Waals surface area contributed by atoms with Crippen LogP contribution in [0.25, 0.3) is 0 Å². The first-order valence-corrected chi connectivity index (χ1v) is 7.82. The van der Waals surface area contributed by atoms with Gasteiger partial charge < -0.3 is 0 Å². The molecule has 0 aliphatic carbocycles. The SMILES string of the molecule is CSc1ccccc1CCC(=O)c1ccc(Cl)cc1F. The Labute approximate surface area is 127 Å². The summed E-state index contributed by atoms with van der Waals surface area (Å²) < 4.78 is 13.7. The van der Waals surface area contributed by atoms with Crippen LogP contribution < -0.4 is 0 Å². The van der Waals surface area contributed by atoms with Gasteiger partial charge in [-0.05, 0) is 42.5 Å². The smallest absolute Gasteiger partial charge is 0.166 e. The van der Waals surface area contributed by atoms with Gasteiger partial charge in [0.25, 0.3) is 0 Å². The largest absolute Gasteiger partial charge is 0.294 e. The highest BCUT2D eigenvalue weighted by Gasteiger charge is 2.12. The molecule has 2 aromatic carbocycles. The van der Waals surface area contributed by atoms with Crippen LogP contribution in [-0.4, -0.2) is 12.0 Å². The Balaban J connectivity index is 2.09. The van der Waals surface area contributed by atoms with Gasteiger partial charge in [0, 0.05) is 16.3 Å². The number of rotatable bonds is 5. The molecule has 0 radical (unpaired) electrons. The average Bonchev–Trinajstić information content (AvgIpc) is 2.45. The van der Waals surface area contributed by atoms with E-state index in [4.69, 9.17) is 11.6 Å². The third-order valence-corrected chi connectivity index (χ3v) is 4.12. The van der Waals surface area contributed by atoms with Crippen molar-refractivity contribution in [2.75, 3.05) is 6.26 Å². The summed E-state index contributed by atoms with van der Waals surface area (Å²) in [4.78, 5) is 13.2. The minimum absolute atomic E-state index is 0.107. The third kappa shape index (κ3) is 3.62. The number of benzene rings is 2. The number of aryl methyl sites for hydroxylation is 1. The summed E-state index contributed by atoms with van der Waals surface area (Å²) in [6, 6.07) is 12.1. The summed E-state index contributed by atoms with van der Waals surface area (Å²) in [6.07, 6.45) is 2.90. The van der Waals surface area contributed by atoms with E-state index in [0.29, 0.717) is 11.4 Å². The zero-order valence-corrected chi connectivity index (χ0v) is 12.6.